The van der Waals surface area contributed by atoms with Crippen molar-refractivity contribution in [2.75, 3.05) is 0 Å². The first-order chi connectivity index (χ1) is 8.70. The van der Waals surface area contributed by atoms with E-state index >= 15 is 0 Å². The van der Waals surface area contributed by atoms with Crippen LogP contribution in [0.25, 0.3) is 0 Å². The number of hydrogen-bond donors (Lipinski definition) is 0. The molecule has 2 aromatic rings. The van der Waals surface area contributed by atoms with Crippen LogP contribution in [0.4, 0.5) is 0 Å². The zero-order valence-electron chi connectivity index (χ0n) is 9.23. The van der Waals surface area contributed by atoms with Gasteiger partial charge in [-0.05, 0) is 24.3 Å². The number of nitriles is 1. The van der Waals surface area contributed by atoms with E-state index in [-0.39, 0.29) is 6.61 Å². The highest BCUT2D eigenvalue weighted by molar-refractivity contribution is 6.35. The van der Waals surface area contributed by atoms with E-state index in [9.17, 15) is 0 Å². The average Bonchev–Trinajstić information content (AvgIpc) is 2.38. The molecule has 90 valence electrons. The maximum Gasteiger partial charge on any atom is 0.147 e. The van der Waals surface area contributed by atoms with Crippen LogP contribution in [0.5, 0.6) is 5.75 Å². The van der Waals surface area contributed by atoms with E-state index in [1.807, 2.05) is 6.07 Å². The Hall–Kier alpha value is -1.76. The molecule has 0 aliphatic heterocycles. The minimum absolute atomic E-state index is 0.234. The molecule has 3 nitrogen and oxygen atoms in total. The van der Waals surface area contributed by atoms with Gasteiger partial charge in [0.05, 0.1) is 5.02 Å². The van der Waals surface area contributed by atoms with E-state index in [1.54, 1.807) is 36.5 Å². The van der Waals surface area contributed by atoms with Gasteiger partial charge in [-0.1, -0.05) is 29.3 Å². The van der Waals surface area contributed by atoms with Crippen LogP contribution < -0.4 is 4.74 Å². The molecule has 0 aliphatic carbocycles. The van der Waals surface area contributed by atoms with Gasteiger partial charge >= 0.3 is 0 Å². The first kappa shape index (κ1) is 12.7. The lowest BCUT2D eigenvalue weighted by Crippen LogP contribution is -2.00. The van der Waals surface area contributed by atoms with E-state index in [0.717, 1.165) is 0 Å². The summed E-state index contributed by atoms with van der Waals surface area (Å²) in [4.78, 5) is 3.95. The predicted octanol–water partition coefficient (Wildman–Crippen LogP) is 3.84. The molecule has 0 unspecified atom stereocenters. The maximum atomic E-state index is 8.90. The van der Waals surface area contributed by atoms with Crippen molar-refractivity contribution in [3.8, 4) is 11.8 Å². The zero-order valence-corrected chi connectivity index (χ0v) is 10.7. The third-order valence-electron chi connectivity index (χ3n) is 2.27. The second-order valence-electron chi connectivity index (χ2n) is 3.49. The smallest absolute Gasteiger partial charge is 0.147 e. The lowest BCUT2D eigenvalue weighted by atomic mass is 10.2. The molecule has 18 heavy (non-hydrogen) atoms. The van der Waals surface area contributed by atoms with Crippen LogP contribution in [0.15, 0.2) is 36.5 Å². The molecular formula is C13H8Cl2N2O. The fourth-order valence-corrected chi connectivity index (χ4v) is 1.87. The number of nitrogens with zero attached hydrogens (tertiary/aromatic N) is 2. The number of halogens is 2. The third-order valence-corrected chi connectivity index (χ3v) is 2.80. The van der Waals surface area contributed by atoms with Crippen LogP contribution in [0.1, 0.15) is 11.3 Å². The van der Waals surface area contributed by atoms with E-state index in [1.165, 1.54) is 0 Å². The lowest BCUT2D eigenvalue weighted by Gasteiger charge is -2.08. The molecule has 2 rings (SSSR count). The monoisotopic (exact) mass is 278 g/mol. The Balaban J connectivity index is 2.14. The van der Waals surface area contributed by atoms with Crippen LogP contribution in [0.2, 0.25) is 10.0 Å². The van der Waals surface area contributed by atoms with Gasteiger partial charge in [0.1, 0.15) is 24.1 Å². The van der Waals surface area contributed by atoms with Crippen molar-refractivity contribution in [1.82, 2.24) is 4.98 Å². The fraction of sp³-hybridized carbons (Fsp3) is 0.0769. The van der Waals surface area contributed by atoms with Crippen LogP contribution in [-0.4, -0.2) is 4.98 Å². The van der Waals surface area contributed by atoms with Gasteiger partial charge in [-0.15, -0.1) is 0 Å². The second-order valence-corrected chi connectivity index (χ2v) is 4.33. The van der Waals surface area contributed by atoms with Gasteiger partial charge in [0.25, 0.3) is 0 Å². The Bertz CT molecular complexity index is 608. The Kier molecular flexibility index (Phi) is 4.03. The van der Waals surface area contributed by atoms with E-state index in [4.69, 9.17) is 33.2 Å². The normalized spacial score (nSPS) is 9.83. The van der Waals surface area contributed by atoms with Gasteiger partial charge in [-0.2, -0.15) is 5.26 Å². The number of ether oxygens (including phenoxy) is 1. The Morgan fingerprint density at radius 1 is 1.28 bits per heavy atom. The van der Waals surface area contributed by atoms with E-state index in [0.29, 0.717) is 27.1 Å². The van der Waals surface area contributed by atoms with Crippen LogP contribution in [-0.2, 0) is 6.61 Å². The highest BCUT2D eigenvalue weighted by Gasteiger charge is 2.06. The molecule has 0 radical (unpaired) electrons. The first-order valence-electron chi connectivity index (χ1n) is 5.12. The van der Waals surface area contributed by atoms with Gasteiger partial charge in [0, 0.05) is 16.8 Å². The summed E-state index contributed by atoms with van der Waals surface area (Å²) in [6.07, 6.45) is 1.57. The molecule has 1 heterocycles. The molecule has 5 heteroatoms. The lowest BCUT2D eigenvalue weighted by molar-refractivity contribution is 0.305. The molecule has 0 amide bonds. The molecular weight excluding hydrogens is 271 g/mol. The molecule has 0 spiro atoms. The Labute approximate surface area is 115 Å². The number of rotatable bonds is 3. The largest absolute Gasteiger partial charge is 0.487 e. The van der Waals surface area contributed by atoms with Crippen molar-refractivity contribution in [2.24, 2.45) is 0 Å². The van der Waals surface area contributed by atoms with E-state index < -0.39 is 0 Å². The molecule has 1 aromatic carbocycles. The molecule has 0 fully saturated rings. The SMILES string of the molecule is N#Cc1ncccc1COc1ccc(Cl)cc1Cl. The standard InChI is InChI=1S/C13H8Cl2N2O/c14-10-3-4-13(11(15)6-10)18-8-9-2-1-5-17-12(9)7-16/h1-6H,8H2. The number of aromatic nitrogens is 1. The molecule has 0 bridgehead atoms. The number of benzene rings is 1. The van der Waals surface area contributed by atoms with Crippen molar-refractivity contribution in [3.63, 3.8) is 0 Å². The molecule has 0 N–H and O–H groups in total. The summed E-state index contributed by atoms with van der Waals surface area (Å²) >= 11 is 11.8. The van der Waals surface area contributed by atoms with Crippen LogP contribution in [0.3, 0.4) is 0 Å². The highest BCUT2D eigenvalue weighted by Crippen LogP contribution is 2.28. The van der Waals surface area contributed by atoms with E-state index in [2.05, 4.69) is 4.98 Å². The van der Waals surface area contributed by atoms with Gasteiger partial charge in [-0.3, -0.25) is 0 Å². The fourth-order valence-electron chi connectivity index (χ4n) is 1.40. The molecule has 1 aromatic heterocycles. The summed E-state index contributed by atoms with van der Waals surface area (Å²) < 4.78 is 5.54. The maximum absolute atomic E-state index is 8.90. The average molecular weight is 279 g/mol. The molecule has 0 atom stereocenters. The van der Waals surface area contributed by atoms with Gasteiger partial charge < -0.3 is 4.74 Å². The molecule has 0 saturated heterocycles. The Morgan fingerprint density at radius 2 is 2.11 bits per heavy atom. The molecule has 0 saturated carbocycles. The summed E-state index contributed by atoms with van der Waals surface area (Å²) in [7, 11) is 0. The minimum Gasteiger partial charge on any atom is -0.487 e. The van der Waals surface area contributed by atoms with Crippen molar-refractivity contribution in [1.29, 1.82) is 5.26 Å². The highest BCUT2D eigenvalue weighted by atomic mass is 35.5. The third kappa shape index (κ3) is 2.92. The summed E-state index contributed by atoms with van der Waals surface area (Å²) in [5, 5.41) is 9.88. The van der Waals surface area contributed by atoms with Crippen LogP contribution >= 0.6 is 23.2 Å². The predicted molar refractivity (Wildman–Crippen MR) is 69.7 cm³/mol. The minimum atomic E-state index is 0.234. The summed E-state index contributed by atoms with van der Waals surface area (Å²) in [5.74, 6) is 0.522. The zero-order chi connectivity index (χ0) is 13.0. The quantitative estimate of drug-likeness (QED) is 0.857. The van der Waals surface area contributed by atoms with Gasteiger partial charge in [0.2, 0.25) is 0 Å². The number of hydrogen-bond acceptors (Lipinski definition) is 3. The van der Waals surface area contributed by atoms with Crippen molar-refractivity contribution >= 4 is 23.2 Å². The summed E-state index contributed by atoms with van der Waals surface area (Å²) in [5.41, 5.74) is 1.06. The van der Waals surface area contributed by atoms with Gasteiger partial charge in [0.15, 0.2) is 0 Å². The second kappa shape index (κ2) is 5.72. The van der Waals surface area contributed by atoms with Crippen molar-refractivity contribution in [3.05, 3.63) is 57.8 Å². The molecule has 0 aliphatic rings. The number of pyridine rings is 1. The topological polar surface area (TPSA) is 45.9 Å². The summed E-state index contributed by atoms with van der Waals surface area (Å²) in [6.45, 7) is 0.234. The van der Waals surface area contributed by atoms with Gasteiger partial charge in [-0.25, -0.2) is 4.98 Å². The Morgan fingerprint density at radius 3 is 2.83 bits per heavy atom. The van der Waals surface area contributed by atoms with Crippen molar-refractivity contribution < 1.29 is 4.74 Å². The van der Waals surface area contributed by atoms with Crippen LogP contribution in [0, 0.1) is 11.3 Å². The first-order valence-corrected chi connectivity index (χ1v) is 5.88. The summed E-state index contributed by atoms with van der Waals surface area (Å²) in [6, 6.07) is 10.5. The van der Waals surface area contributed by atoms with Crippen molar-refractivity contribution in [2.45, 2.75) is 6.61 Å².